The van der Waals surface area contributed by atoms with Gasteiger partial charge in [-0.15, -0.1) is 0 Å². The van der Waals surface area contributed by atoms with Gasteiger partial charge in [-0.25, -0.2) is 9.20 Å². The summed E-state index contributed by atoms with van der Waals surface area (Å²) in [5.74, 6) is 0. The minimum absolute atomic E-state index is 0.0404. The van der Waals surface area contributed by atoms with Crippen molar-refractivity contribution < 1.29 is 0 Å². The zero-order chi connectivity index (χ0) is 18.3. The van der Waals surface area contributed by atoms with Crippen molar-refractivity contribution in [2.45, 2.75) is 19.9 Å². The lowest BCUT2D eigenvalue weighted by molar-refractivity contribution is 0.505. The average molecular weight is 366 g/mol. The molecule has 0 aliphatic carbocycles. The van der Waals surface area contributed by atoms with Gasteiger partial charge >= 0.3 is 0 Å². The van der Waals surface area contributed by atoms with Crippen LogP contribution in [-0.4, -0.2) is 24.4 Å². The van der Waals surface area contributed by atoms with E-state index in [2.05, 4.69) is 10.1 Å². The molecule has 0 saturated carbocycles. The first-order valence-corrected chi connectivity index (χ1v) is 8.61. The van der Waals surface area contributed by atoms with Gasteiger partial charge in [0.25, 0.3) is 5.56 Å². The molecule has 0 fully saturated rings. The predicted octanol–water partition coefficient (Wildman–Crippen LogP) is 3.85. The van der Waals surface area contributed by atoms with Crippen LogP contribution in [0.4, 0.5) is 0 Å². The van der Waals surface area contributed by atoms with Gasteiger partial charge in [0.15, 0.2) is 0 Å². The number of nitrogens with zero attached hydrogens (tertiary/aromatic N) is 5. The van der Waals surface area contributed by atoms with Gasteiger partial charge in [0.2, 0.25) is 0 Å². The van der Waals surface area contributed by atoms with Crippen LogP contribution >= 0.6 is 11.6 Å². The van der Waals surface area contributed by atoms with Crippen LogP contribution in [0.25, 0.3) is 28.0 Å². The number of hydrogen-bond acceptors (Lipinski definition) is 4. The lowest BCUT2D eigenvalue weighted by Crippen LogP contribution is -2.23. The summed E-state index contributed by atoms with van der Waals surface area (Å²) in [7, 11) is 0. The Kier molecular flexibility index (Phi) is 4.05. The molecule has 0 radical (unpaired) electrons. The van der Waals surface area contributed by atoms with E-state index < -0.39 is 0 Å². The van der Waals surface area contributed by atoms with Crippen LogP contribution in [0.5, 0.6) is 0 Å². The van der Waals surface area contributed by atoms with E-state index >= 15 is 0 Å². The van der Waals surface area contributed by atoms with Crippen molar-refractivity contribution in [3.05, 3.63) is 70.4 Å². The van der Waals surface area contributed by atoms with Crippen LogP contribution in [0.1, 0.15) is 19.9 Å². The molecule has 1 aromatic carbocycles. The topological polar surface area (TPSA) is 65.1 Å². The Morgan fingerprint density at radius 3 is 2.54 bits per heavy atom. The van der Waals surface area contributed by atoms with E-state index in [0.29, 0.717) is 10.7 Å². The van der Waals surface area contributed by atoms with E-state index in [-0.39, 0.29) is 11.6 Å². The molecule has 3 aromatic heterocycles. The lowest BCUT2D eigenvalue weighted by atomic mass is 10.0. The third kappa shape index (κ3) is 2.78. The molecule has 0 spiro atoms. The fourth-order valence-electron chi connectivity index (χ4n) is 2.89. The smallest absolute Gasteiger partial charge is 0.267 e. The Labute approximate surface area is 154 Å². The highest BCUT2D eigenvalue weighted by Crippen LogP contribution is 2.34. The first-order valence-electron chi connectivity index (χ1n) is 8.23. The molecule has 6 nitrogen and oxygen atoms in total. The number of rotatable bonds is 3. The van der Waals surface area contributed by atoms with Crippen LogP contribution in [-0.2, 0) is 0 Å². The number of fused-ring (bicyclic) bond motifs is 1. The SMILES string of the molecule is CC(C)n1nc(-c2c(-c3ccc(Cl)cc3)nn3ccncc23)ccc1=O. The van der Waals surface area contributed by atoms with Crippen molar-refractivity contribution in [1.29, 1.82) is 0 Å². The van der Waals surface area contributed by atoms with Crippen LogP contribution in [0.15, 0.2) is 59.8 Å². The second-order valence-electron chi connectivity index (χ2n) is 6.23. The highest BCUT2D eigenvalue weighted by molar-refractivity contribution is 6.30. The van der Waals surface area contributed by atoms with Gasteiger partial charge < -0.3 is 0 Å². The third-order valence-electron chi connectivity index (χ3n) is 4.13. The third-order valence-corrected chi connectivity index (χ3v) is 4.38. The van der Waals surface area contributed by atoms with E-state index in [0.717, 1.165) is 22.3 Å². The largest absolute Gasteiger partial charge is 0.268 e. The molecule has 0 bridgehead atoms. The van der Waals surface area contributed by atoms with E-state index in [4.69, 9.17) is 16.7 Å². The molecule has 0 N–H and O–H groups in total. The first kappa shape index (κ1) is 16.5. The molecule has 3 heterocycles. The van der Waals surface area contributed by atoms with Crippen molar-refractivity contribution in [2.75, 3.05) is 0 Å². The van der Waals surface area contributed by atoms with Crippen molar-refractivity contribution in [2.24, 2.45) is 0 Å². The van der Waals surface area contributed by atoms with E-state index in [1.165, 1.54) is 10.7 Å². The van der Waals surface area contributed by atoms with Gasteiger partial charge in [-0.2, -0.15) is 10.2 Å². The zero-order valence-corrected chi connectivity index (χ0v) is 15.1. The summed E-state index contributed by atoms with van der Waals surface area (Å²) in [5.41, 5.74) is 3.86. The monoisotopic (exact) mass is 365 g/mol. The molecule has 4 aromatic rings. The molecule has 4 rings (SSSR count). The Morgan fingerprint density at radius 2 is 1.81 bits per heavy atom. The van der Waals surface area contributed by atoms with Crippen molar-refractivity contribution in [3.8, 4) is 22.5 Å². The van der Waals surface area contributed by atoms with Gasteiger partial charge in [-0.3, -0.25) is 9.78 Å². The van der Waals surface area contributed by atoms with Gasteiger partial charge in [0.05, 0.1) is 29.0 Å². The maximum absolute atomic E-state index is 12.1. The number of aromatic nitrogens is 5. The van der Waals surface area contributed by atoms with Crippen molar-refractivity contribution >= 4 is 17.1 Å². The Bertz CT molecular complexity index is 1140. The minimum Gasteiger partial charge on any atom is -0.268 e. The molecular weight excluding hydrogens is 350 g/mol. The Balaban J connectivity index is 2.02. The fraction of sp³-hybridized carbons (Fsp3) is 0.158. The quantitative estimate of drug-likeness (QED) is 0.553. The normalized spacial score (nSPS) is 11.4. The molecule has 0 amide bonds. The van der Waals surface area contributed by atoms with Crippen molar-refractivity contribution in [1.82, 2.24) is 24.4 Å². The molecule has 130 valence electrons. The Morgan fingerprint density at radius 1 is 1.04 bits per heavy atom. The van der Waals surface area contributed by atoms with Gasteiger partial charge in [0.1, 0.15) is 5.69 Å². The summed E-state index contributed by atoms with van der Waals surface area (Å²) in [5, 5.41) is 9.92. The minimum atomic E-state index is -0.133. The van der Waals surface area contributed by atoms with E-state index in [1.54, 1.807) is 29.2 Å². The molecular formula is C19H16ClN5O. The summed E-state index contributed by atoms with van der Waals surface area (Å²) in [6, 6.07) is 10.7. The summed E-state index contributed by atoms with van der Waals surface area (Å²) >= 11 is 6.02. The summed E-state index contributed by atoms with van der Waals surface area (Å²) in [4.78, 5) is 16.3. The van der Waals surface area contributed by atoms with Crippen LogP contribution in [0.3, 0.4) is 0 Å². The second kappa shape index (κ2) is 6.38. The highest BCUT2D eigenvalue weighted by atomic mass is 35.5. The fourth-order valence-corrected chi connectivity index (χ4v) is 3.02. The average Bonchev–Trinajstić information content (AvgIpc) is 3.02. The van der Waals surface area contributed by atoms with E-state index in [1.807, 2.05) is 38.1 Å². The molecule has 0 unspecified atom stereocenters. The molecule has 0 saturated heterocycles. The molecule has 7 heteroatoms. The maximum atomic E-state index is 12.1. The number of halogens is 1. The molecule has 0 atom stereocenters. The molecule has 0 aliphatic heterocycles. The maximum Gasteiger partial charge on any atom is 0.267 e. The standard InChI is InChI=1S/C19H16ClN5O/c1-12(2)25-17(26)8-7-15(22-25)18-16-11-21-9-10-24(16)23-19(18)13-3-5-14(20)6-4-13/h3-12H,1-2H3. The summed E-state index contributed by atoms with van der Waals surface area (Å²) < 4.78 is 3.24. The lowest BCUT2D eigenvalue weighted by Gasteiger charge is -2.10. The van der Waals surface area contributed by atoms with Gasteiger partial charge in [-0.1, -0.05) is 23.7 Å². The van der Waals surface area contributed by atoms with Gasteiger partial charge in [0, 0.05) is 29.0 Å². The van der Waals surface area contributed by atoms with E-state index in [9.17, 15) is 4.79 Å². The highest BCUT2D eigenvalue weighted by Gasteiger charge is 2.19. The molecule has 26 heavy (non-hydrogen) atoms. The second-order valence-corrected chi connectivity index (χ2v) is 6.67. The van der Waals surface area contributed by atoms with Crippen LogP contribution < -0.4 is 5.56 Å². The van der Waals surface area contributed by atoms with Gasteiger partial charge in [-0.05, 0) is 32.0 Å². The molecule has 0 aliphatic rings. The zero-order valence-electron chi connectivity index (χ0n) is 14.3. The number of hydrogen-bond donors (Lipinski definition) is 0. The van der Waals surface area contributed by atoms with Crippen LogP contribution in [0, 0.1) is 0 Å². The Hall–Kier alpha value is -2.99. The summed E-state index contributed by atoms with van der Waals surface area (Å²) in [6.45, 7) is 3.85. The van der Waals surface area contributed by atoms with Crippen molar-refractivity contribution in [3.63, 3.8) is 0 Å². The number of benzene rings is 1. The first-order chi connectivity index (χ1) is 12.5. The van der Waals surface area contributed by atoms with Crippen LogP contribution in [0.2, 0.25) is 5.02 Å². The summed E-state index contributed by atoms with van der Waals surface area (Å²) in [6.07, 6.45) is 5.21. The predicted molar refractivity (Wildman–Crippen MR) is 101 cm³/mol.